The maximum atomic E-state index is 12.3. The Kier molecular flexibility index (Phi) is 6.93. The predicted molar refractivity (Wildman–Crippen MR) is 105 cm³/mol. The lowest BCUT2D eigenvalue weighted by Crippen LogP contribution is -2.34. The first-order valence-corrected chi connectivity index (χ1v) is 9.34. The Labute approximate surface area is 160 Å². The molecule has 3 rings (SSSR count). The van der Waals surface area contributed by atoms with Crippen LogP contribution in [-0.2, 0) is 4.79 Å². The van der Waals surface area contributed by atoms with Gasteiger partial charge in [-0.1, -0.05) is 25.1 Å². The van der Waals surface area contributed by atoms with E-state index in [1.807, 2.05) is 42.5 Å². The van der Waals surface area contributed by atoms with Crippen molar-refractivity contribution in [2.45, 2.75) is 13.3 Å². The zero-order valence-corrected chi connectivity index (χ0v) is 15.6. The molecule has 1 heterocycles. The second-order valence-electron chi connectivity index (χ2n) is 6.29. The molecule has 1 N–H and O–H groups in total. The van der Waals surface area contributed by atoms with E-state index in [2.05, 4.69) is 17.1 Å². The van der Waals surface area contributed by atoms with Crippen LogP contribution in [0.4, 0.5) is 5.69 Å². The highest BCUT2D eigenvalue weighted by Gasteiger charge is 2.14. The second-order valence-corrected chi connectivity index (χ2v) is 6.29. The lowest BCUT2D eigenvalue weighted by atomic mass is 10.2. The smallest absolute Gasteiger partial charge is 0.238 e. The van der Waals surface area contributed by atoms with Gasteiger partial charge in [-0.2, -0.15) is 0 Å². The molecule has 0 bridgehead atoms. The van der Waals surface area contributed by atoms with Crippen molar-refractivity contribution in [2.75, 3.05) is 44.8 Å². The highest BCUT2D eigenvalue weighted by atomic mass is 16.6. The first-order chi connectivity index (χ1) is 13.2. The number of carbonyl (C=O) groups is 1. The average Bonchev–Trinajstić information content (AvgIpc) is 2.71. The van der Waals surface area contributed by atoms with Gasteiger partial charge in [-0.25, -0.2) is 0 Å². The molecule has 2 aromatic carbocycles. The Balaban J connectivity index is 1.41. The number of amides is 1. The fourth-order valence-electron chi connectivity index (χ4n) is 2.87. The SMILES string of the molecule is CCN(CCCOc1ccccc1)CC(=O)Nc1ccc2c(c1)OCCO2. The summed E-state index contributed by atoms with van der Waals surface area (Å²) in [5, 5.41) is 2.93. The number of hydrogen-bond donors (Lipinski definition) is 1. The molecule has 1 amide bonds. The molecular weight excluding hydrogens is 344 g/mol. The van der Waals surface area contributed by atoms with Crippen molar-refractivity contribution in [3.8, 4) is 17.2 Å². The minimum Gasteiger partial charge on any atom is -0.494 e. The number of para-hydroxylation sites is 1. The summed E-state index contributed by atoms with van der Waals surface area (Å²) in [4.78, 5) is 14.4. The van der Waals surface area contributed by atoms with Crippen LogP contribution >= 0.6 is 0 Å². The summed E-state index contributed by atoms with van der Waals surface area (Å²) < 4.78 is 16.7. The summed E-state index contributed by atoms with van der Waals surface area (Å²) in [5.74, 6) is 2.21. The van der Waals surface area contributed by atoms with E-state index < -0.39 is 0 Å². The van der Waals surface area contributed by atoms with Gasteiger partial charge in [0.2, 0.25) is 5.91 Å². The minimum atomic E-state index is -0.0440. The number of hydrogen-bond acceptors (Lipinski definition) is 5. The topological polar surface area (TPSA) is 60.0 Å². The van der Waals surface area contributed by atoms with Crippen molar-refractivity contribution < 1.29 is 19.0 Å². The Morgan fingerprint density at radius 2 is 1.89 bits per heavy atom. The zero-order valence-electron chi connectivity index (χ0n) is 15.6. The molecule has 0 fully saturated rings. The van der Waals surface area contributed by atoms with Crippen LogP contribution in [0, 0.1) is 0 Å². The number of nitrogens with one attached hydrogen (secondary N) is 1. The van der Waals surface area contributed by atoms with Crippen LogP contribution in [0.15, 0.2) is 48.5 Å². The van der Waals surface area contributed by atoms with Crippen molar-refractivity contribution in [3.05, 3.63) is 48.5 Å². The van der Waals surface area contributed by atoms with Crippen LogP contribution in [0.5, 0.6) is 17.2 Å². The Morgan fingerprint density at radius 1 is 1.11 bits per heavy atom. The van der Waals surface area contributed by atoms with Gasteiger partial charge >= 0.3 is 0 Å². The first kappa shape index (κ1) is 19.0. The van der Waals surface area contributed by atoms with Gasteiger partial charge in [0.1, 0.15) is 19.0 Å². The molecule has 1 aliphatic rings. The molecule has 0 aromatic heterocycles. The van der Waals surface area contributed by atoms with Gasteiger partial charge in [-0.3, -0.25) is 9.69 Å². The van der Waals surface area contributed by atoms with E-state index in [1.54, 1.807) is 6.07 Å². The van der Waals surface area contributed by atoms with Gasteiger partial charge in [-0.15, -0.1) is 0 Å². The summed E-state index contributed by atoms with van der Waals surface area (Å²) >= 11 is 0. The summed E-state index contributed by atoms with van der Waals surface area (Å²) in [6.07, 6.45) is 0.861. The summed E-state index contributed by atoms with van der Waals surface area (Å²) in [6.45, 7) is 5.71. The second kappa shape index (κ2) is 9.83. The monoisotopic (exact) mass is 370 g/mol. The third-order valence-corrected chi connectivity index (χ3v) is 4.27. The number of rotatable bonds is 9. The van der Waals surface area contributed by atoms with E-state index in [0.717, 1.165) is 25.3 Å². The molecule has 0 atom stereocenters. The van der Waals surface area contributed by atoms with Gasteiger partial charge in [0.15, 0.2) is 11.5 Å². The summed E-state index contributed by atoms with van der Waals surface area (Å²) in [7, 11) is 0. The zero-order chi connectivity index (χ0) is 18.9. The molecule has 144 valence electrons. The molecule has 6 nitrogen and oxygen atoms in total. The molecule has 2 aromatic rings. The molecule has 0 radical (unpaired) electrons. The molecule has 6 heteroatoms. The molecule has 0 spiro atoms. The van der Waals surface area contributed by atoms with Crippen molar-refractivity contribution in [3.63, 3.8) is 0 Å². The number of ether oxygens (including phenoxy) is 3. The van der Waals surface area contributed by atoms with Crippen molar-refractivity contribution >= 4 is 11.6 Å². The number of fused-ring (bicyclic) bond motifs is 1. The number of carbonyl (C=O) groups excluding carboxylic acids is 1. The number of benzene rings is 2. The Hall–Kier alpha value is -2.73. The Bertz CT molecular complexity index is 736. The van der Waals surface area contributed by atoms with Gasteiger partial charge < -0.3 is 19.5 Å². The molecule has 0 aliphatic carbocycles. The standard InChI is InChI=1S/C21H26N2O4/c1-2-23(11-6-12-25-18-7-4-3-5-8-18)16-21(24)22-17-9-10-19-20(15-17)27-14-13-26-19/h3-5,7-10,15H,2,6,11-14,16H2,1H3,(H,22,24). The van der Waals surface area contributed by atoms with Crippen molar-refractivity contribution in [1.29, 1.82) is 0 Å². The fourth-order valence-corrected chi connectivity index (χ4v) is 2.87. The van der Waals surface area contributed by atoms with Crippen molar-refractivity contribution in [1.82, 2.24) is 4.90 Å². The molecule has 0 saturated carbocycles. The third kappa shape index (κ3) is 5.89. The highest BCUT2D eigenvalue weighted by molar-refractivity contribution is 5.92. The highest BCUT2D eigenvalue weighted by Crippen LogP contribution is 2.32. The fraction of sp³-hybridized carbons (Fsp3) is 0.381. The molecule has 27 heavy (non-hydrogen) atoms. The lowest BCUT2D eigenvalue weighted by Gasteiger charge is -2.21. The summed E-state index contributed by atoms with van der Waals surface area (Å²) in [5.41, 5.74) is 0.715. The van der Waals surface area contributed by atoms with Crippen LogP contribution < -0.4 is 19.5 Å². The Morgan fingerprint density at radius 3 is 2.67 bits per heavy atom. The minimum absolute atomic E-state index is 0.0440. The van der Waals surface area contributed by atoms with Crippen molar-refractivity contribution in [2.24, 2.45) is 0 Å². The van der Waals surface area contributed by atoms with Crippen LogP contribution in [0.25, 0.3) is 0 Å². The normalized spacial score (nSPS) is 12.7. The molecule has 0 unspecified atom stereocenters. The van der Waals surface area contributed by atoms with E-state index in [9.17, 15) is 4.79 Å². The van der Waals surface area contributed by atoms with E-state index in [0.29, 0.717) is 43.6 Å². The lowest BCUT2D eigenvalue weighted by molar-refractivity contribution is -0.117. The maximum Gasteiger partial charge on any atom is 0.238 e. The third-order valence-electron chi connectivity index (χ3n) is 4.27. The quantitative estimate of drug-likeness (QED) is 0.687. The number of likely N-dealkylation sites (N-methyl/N-ethyl adjacent to an activating group) is 1. The van der Waals surface area contributed by atoms with E-state index >= 15 is 0 Å². The maximum absolute atomic E-state index is 12.3. The number of anilines is 1. The van der Waals surface area contributed by atoms with Crippen LogP contribution in [0.1, 0.15) is 13.3 Å². The molecule has 1 aliphatic heterocycles. The molecule has 0 saturated heterocycles. The largest absolute Gasteiger partial charge is 0.494 e. The van der Waals surface area contributed by atoms with Crippen LogP contribution in [0.2, 0.25) is 0 Å². The summed E-state index contributed by atoms with van der Waals surface area (Å²) in [6, 6.07) is 15.2. The predicted octanol–water partition coefficient (Wildman–Crippen LogP) is 3.19. The number of nitrogens with zero attached hydrogens (tertiary/aromatic N) is 1. The van der Waals surface area contributed by atoms with E-state index in [1.165, 1.54) is 0 Å². The average molecular weight is 370 g/mol. The van der Waals surface area contributed by atoms with Crippen LogP contribution in [-0.4, -0.2) is 50.3 Å². The van der Waals surface area contributed by atoms with Gasteiger partial charge in [0.05, 0.1) is 13.2 Å². The molecular formula is C21H26N2O4. The van der Waals surface area contributed by atoms with E-state index in [4.69, 9.17) is 14.2 Å². The first-order valence-electron chi connectivity index (χ1n) is 9.34. The van der Waals surface area contributed by atoms with Gasteiger partial charge in [0, 0.05) is 18.3 Å². The van der Waals surface area contributed by atoms with Gasteiger partial charge in [-0.05, 0) is 37.2 Å². The van der Waals surface area contributed by atoms with Crippen LogP contribution in [0.3, 0.4) is 0 Å². The van der Waals surface area contributed by atoms with E-state index in [-0.39, 0.29) is 5.91 Å². The van der Waals surface area contributed by atoms with Gasteiger partial charge in [0.25, 0.3) is 0 Å².